The molecule has 2 fully saturated rings. The molecule has 0 spiro atoms. The number of ether oxygens (including phenoxy) is 2. The lowest BCUT2D eigenvalue weighted by Crippen LogP contribution is -2.64. The van der Waals surface area contributed by atoms with E-state index in [2.05, 4.69) is 83.5 Å². The number of aliphatic hydroxyl groups is 1. The summed E-state index contributed by atoms with van der Waals surface area (Å²) >= 11 is 7.00. The van der Waals surface area contributed by atoms with Crippen molar-refractivity contribution in [2.75, 3.05) is 6.61 Å². The van der Waals surface area contributed by atoms with Crippen LogP contribution in [0, 0.1) is 5.92 Å². The van der Waals surface area contributed by atoms with Crippen molar-refractivity contribution in [3.63, 3.8) is 0 Å². The summed E-state index contributed by atoms with van der Waals surface area (Å²) in [5.74, 6) is -0.231. The first-order chi connectivity index (χ1) is 18.7. The van der Waals surface area contributed by atoms with Crippen molar-refractivity contribution < 1.29 is 23.4 Å². The fourth-order valence-electron chi connectivity index (χ4n) is 6.26. The molecule has 1 unspecified atom stereocenters. The van der Waals surface area contributed by atoms with Gasteiger partial charge in [-0.25, -0.2) is 0 Å². The van der Waals surface area contributed by atoms with E-state index in [4.69, 9.17) is 29.9 Å². The highest BCUT2D eigenvalue weighted by molar-refractivity contribution is 6.70. The summed E-state index contributed by atoms with van der Waals surface area (Å²) in [7, 11) is -4.11. The van der Waals surface area contributed by atoms with Gasteiger partial charge < -0.3 is 23.4 Å². The highest BCUT2D eigenvalue weighted by Crippen LogP contribution is 2.50. The molecule has 3 aliphatic rings. The van der Waals surface area contributed by atoms with Crippen LogP contribution in [0.5, 0.6) is 5.75 Å². The minimum absolute atomic E-state index is 0.0689. The van der Waals surface area contributed by atoms with Crippen LogP contribution in [0.2, 0.25) is 44.3 Å². The topological polar surface area (TPSA) is 57.2 Å². The van der Waals surface area contributed by atoms with Crippen LogP contribution < -0.4 is 4.74 Å². The van der Waals surface area contributed by atoms with Gasteiger partial charge in [-0.05, 0) is 93.6 Å². The first kappa shape index (κ1) is 30.3. The van der Waals surface area contributed by atoms with E-state index in [0.717, 1.165) is 23.5 Å². The molecule has 0 bridgehead atoms. The standard InChI is InChI=1S/C32H47ClO5Si2/c1-9-27-20(2)29(37-39(3,4)5)31(38-40(6,7)8)32(34,36-27)26-19-24(28(33)30-25(26)16-17-35-30)18-21-10-12-22(13-11-21)23-14-15-23/h10-13,19-20,23,27,29,31,34H,9,14-18H2,1-8H3/t20-,27-,29+,31-,32?/m1/s1. The molecule has 40 heavy (non-hydrogen) atoms. The van der Waals surface area contributed by atoms with Crippen molar-refractivity contribution in [1.82, 2.24) is 0 Å². The number of hydrogen-bond acceptors (Lipinski definition) is 5. The van der Waals surface area contributed by atoms with Gasteiger partial charge in [0.05, 0.1) is 23.8 Å². The molecule has 0 aromatic heterocycles. The molecular weight excluding hydrogens is 556 g/mol. The molecule has 5 nitrogen and oxygen atoms in total. The van der Waals surface area contributed by atoms with Crippen molar-refractivity contribution in [1.29, 1.82) is 0 Å². The van der Waals surface area contributed by atoms with Gasteiger partial charge in [0.15, 0.2) is 16.6 Å². The summed E-state index contributed by atoms with van der Waals surface area (Å²) in [5.41, 5.74) is 5.15. The smallest absolute Gasteiger partial charge is 0.221 e. The molecule has 5 atom stereocenters. The molecule has 1 N–H and O–H groups in total. The van der Waals surface area contributed by atoms with Crippen molar-refractivity contribution in [2.24, 2.45) is 5.92 Å². The van der Waals surface area contributed by atoms with Gasteiger partial charge in [0.1, 0.15) is 11.9 Å². The summed E-state index contributed by atoms with van der Waals surface area (Å²) in [6.45, 7) is 17.9. The largest absolute Gasteiger partial charge is 0.491 e. The second-order valence-electron chi connectivity index (χ2n) is 14.0. The predicted molar refractivity (Wildman–Crippen MR) is 167 cm³/mol. The second-order valence-corrected chi connectivity index (χ2v) is 23.3. The van der Waals surface area contributed by atoms with E-state index in [1.165, 1.54) is 24.0 Å². The van der Waals surface area contributed by atoms with Crippen LogP contribution >= 0.6 is 11.6 Å². The lowest BCUT2D eigenvalue weighted by Gasteiger charge is -2.53. The van der Waals surface area contributed by atoms with Gasteiger partial charge in [0, 0.05) is 23.5 Å². The molecule has 0 amide bonds. The summed E-state index contributed by atoms with van der Waals surface area (Å²) in [6, 6.07) is 10.9. The van der Waals surface area contributed by atoms with Gasteiger partial charge in [-0.1, -0.05) is 49.7 Å². The Morgan fingerprint density at radius 1 is 1.02 bits per heavy atom. The second kappa shape index (κ2) is 11.1. The van der Waals surface area contributed by atoms with Gasteiger partial charge in [-0.3, -0.25) is 0 Å². The normalized spacial score (nSPS) is 28.9. The van der Waals surface area contributed by atoms with Crippen LogP contribution in [0.15, 0.2) is 30.3 Å². The maximum Gasteiger partial charge on any atom is 0.221 e. The number of fused-ring (bicyclic) bond motifs is 1. The van der Waals surface area contributed by atoms with Crippen molar-refractivity contribution in [2.45, 2.75) is 115 Å². The van der Waals surface area contributed by atoms with Gasteiger partial charge in [-0.2, -0.15) is 0 Å². The maximum absolute atomic E-state index is 12.8. The Kier molecular flexibility index (Phi) is 8.43. The SMILES string of the molecule is CC[C@H]1OC(O)(c2cc(Cc3ccc(C4CC4)cc3)c(Cl)c3c2CCO3)[C@H](O[Si](C)(C)C)[C@@H](O[Si](C)(C)C)[C@@H]1C. The molecular formula is C32H47ClO5Si2. The van der Waals surface area contributed by atoms with Crippen molar-refractivity contribution >= 4 is 28.2 Å². The fraction of sp³-hybridized carbons (Fsp3) is 0.625. The van der Waals surface area contributed by atoms with E-state index in [0.29, 0.717) is 35.8 Å². The Morgan fingerprint density at radius 3 is 2.25 bits per heavy atom. The minimum atomic E-state index is -2.13. The fourth-order valence-corrected chi connectivity index (χ4v) is 8.76. The number of halogens is 1. The first-order valence-corrected chi connectivity index (χ1v) is 22.2. The lowest BCUT2D eigenvalue weighted by atomic mass is 9.80. The zero-order valence-electron chi connectivity index (χ0n) is 25.5. The average molecular weight is 603 g/mol. The Bertz CT molecular complexity index is 1220. The number of benzene rings is 2. The molecule has 8 heteroatoms. The highest BCUT2D eigenvalue weighted by Gasteiger charge is 2.57. The average Bonchev–Trinajstić information content (AvgIpc) is 3.60. The lowest BCUT2D eigenvalue weighted by molar-refractivity contribution is -0.339. The van der Waals surface area contributed by atoms with Crippen molar-refractivity contribution in [3.05, 3.63) is 63.2 Å². The van der Waals surface area contributed by atoms with E-state index in [-0.39, 0.29) is 18.1 Å². The third-order valence-corrected chi connectivity index (χ3v) is 10.7. The summed E-state index contributed by atoms with van der Waals surface area (Å²) in [4.78, 5) is 0. The summed E-state index contributed by atoms with van der Waals surface area (Å²) < 4.78 is 26.5. The zero-order chi connectivity index (χ0) is 29.0. The Balaban J connectivity index is 1.61. The van der Waals surface area contributed by atoms with E-state index in [1.54, 1.807) is 0 Å². The number of rotatable bonds is 9. The van der Waals surface area contributed by atoms with Crippen LogP contribution in [-0.4, -0.2) is 46.7 Å². The number of hydrogen-bond donors (Lipinski definition) is 1. The zero-order valence-corrected chi connectivity index (χ0v) is 28.2. The Hall–Kier alpha value is -1.20. The molecule has 0 radical (unpaired) electrons. The molecule has 5 rings (SSSR count). The van der Waals surface area contributed by atoms with Gasteiger partial charge in [0.25, 0.3) is 0 Å². The predicted octanol–water partition coefficient (Wildman–Crippen LogP) is 7.77. The van der Waals surface area contributed by atoms with Crippen LogP contribution in [0.25, 0.3) is 0 Å². The van der Waals surface area contributed by atoms with E-state index >= 15 is 0 Å². The Labute approximate surface area is 247 Å². The molecule has 1 saturated heterocycles. The molecule has 2 aromatic rings. The van der Waals surface area contributed by atoms with E-state index in [9.17, 15) is 5.11 Å². The quantitative estimate of drug-likeness (QED) is 0.297. The third-order valence-electron chi connectivity index (χ3n) is 8.30. The molecule has 2 heterocycles. The monoisotopic (exact) mass is 602 g/mol. The maximum atomic E-state index is 12.8. The van der Waals surface area contributed by atoms with Crippen molar-refractivity contribution in [3.8, 4) is 5.75 Å². The molecule has 1 saturated carbocycles. The Morgan fingerprint density at radius 2 is 1.68 bits per heavy atom. The van der Waals surface area contributed by atoms with Gasteiger partial charge in [0.2, 0.25) is 5.79 Å². The van der Waals surface area contributed by atoms with Crippen LogP contribution in [0.4, 0.5) is 0 Å². The molecule has 1 aliphatic carbocycles. The molecule has 220 valence electrons. The van der Waals surface area contributed by atoms with E-state index < -0.39 is 28.5 Å². The first-order valence-electron chi connectivity index (χ1n) is 15.0. The summed E-state index contributed by atoms with van der Waals surface area (Å²) in [5, 5.41) is 13.4. The minimum Gasteiger partial charge on any atom is -0.491 e. The van der Waals surface area contributed by atoms with Gasteiger partial charge >= 0.3 is 0 Å². The summed E-state index contributed by atoms with van der Waals surface area (Å²) in [6.07, 6.45) is 3.50. The van der Waals surface area contributed by atoms with E-state index in [1.807, 2.05) is 0 Å². The molecule has 2 aromatic carbocycles. The van der Waals surface area contributed by atoms with Crippen LogP contribution in [-0.2, 0) is 32.2 Å². The highest BCUT2D eigenvalue weighted by atomic mass is 35.5. The van der Waals surface area contributed by atoms with Gasteiger partial charge in [-0.15, -0.1) is 0 Å². The van der Waals surface area contributed by atoms with Crippen LogP contribution in [0.1, 0.15) is 66.8 Å². The third kappa shape index (κ3) is 6.26. The van der Waals surface area contributed by atoms with Crippen LogP contribution in [0.3, 0.4) is 0 Å². The molecule has 2 aliphatic heterocycles.